The van der Waals surface area contributed by atoms with Crippen LogP contribution in [0.25, 0.3) is 0 Å². The molecule has 4 nitrogen and oxygen atoms in total. The molecule has 0 aliphatic carbocycles. The summed E-state index contributed by atoms with van der Waals surface area (Å²) in [4.78, 5) is 9.31. The number of rotatable bonds is 3. The molecular formula is C15H22Cl2N4S. The minimum absolute atomic E-state index is 0. The third kappa shape index (κ3) is 5.02. The smallest absolute Gasteiger partial charge is 0.185 e. The maximum Gasteiger partial charge on any atom is 0.185 e. The Bertz CT molecular complexity index is 550. The van der Waals surface area contributed by atoms with Crippen LogP contribution in [-0.2, 0) is 6.54 Å². The summed E-state index contributed by atoms with van der Waals surface area (Å²) in [6.07, 6.45) is 3.07. The Labute approximate surface area is 148 Å². The molecule has 0 bridgehead atoms. The van der Waals surface area contributed by atoms with E-state index in [1.807, 2.05) is 23.7 Å². The van der Waals surface area contributed by atoms with Crippen molar-refractivity contribution in [3.05, 3.63) is 41.4 Å². The van der Waals surface area contributed by atoms with Gasteiger partial charge in [0.1, 0.15) is 0 Å². The number of nitrogens with zero attached hydrogens (tertiary/aromatic N) is 3. The molecule has 2 aromatic rings. The number of hydrogen-bond acceptors (Lipinski definition) is 5. The molecule has 3 rings (SSSR count). The highest BCUT2D eigenvalue weighted by atomic mass is 35.5. The lowest BCUT2D eigenvalue weighted by molar-refractivity contribution is 0.285. The summed E-state index contributed by atoms with van der Waals surface area (Å²) < 4.78 is 0. The van der Waals surface area contributed by atoms with Crippen LogP contribution in [0.1, 0.15) is 12.0 Å². The molecule has 2 heterocycles. The Hall–Kier alpha value is -1.01. The van der Waals surface area contributed by atoms with Crippen molar-refractivity contribution in [1.29, 1.82) is 0 Å². The summed E-state index contributed by atoms with van der Waals surface area (Å²) in [6, 6.07) is 8.20. The van der Waals surface area contributed by atoms with Crippen molar-refractivity contribution in [3.63, 3.8) is 0 Å². The van der Waals surface area contributed by atoms with E-state index in [0.717, 1.165) is 43.5 Å². The van der Waals surface area contributed by atoms with Gasteiger partial charge in [-0.1, -0.05) is 12.1 Å². The van der Waals surface area contributed by atoms with Crippen molar-refractivity contribution in [3.8, 4) is 0 Å². The second-order valence-corrected chi connectivity index (χ2v) is 6.05. The van der Waals surface area contributed by atoms with Crippen LogP contribution in [0.2, 0.25) is 0 Å². The topological polar surface area (TPSA) is 45.4 Å². The average molecular weight is 361 g/mol. The van der Waals surface area contributed by atoms with Crippen LogP contribution in [0.4, 0.5) is 10.8 Å². The molecule has 0 unspecified atom stereocenters. The number of thiazole rings is 1. The molecule has 0 spiro atoms. The lowest BCUT2D eigenvalue weighted by Crippen LogP contribution is -2.30. The number of nitrogens with two attached hydrogens (primary N) is 1. The molecule has 0 radical (unpaired) electrons. The fourth-order valence-electron chi connectivity index (χ4n) is 2.64. The maximum atomic E-state index is 5.85. The van der Waals surface area contributed by atoms with Gasteiger partial charge in [-0.15, -0.1) is 36.2 Å². The van der Waals surface area contributed by atoms with Gasteiger partial charge in [0, 0.05) is 50.0 Å². The molecule has 1 aromatic carbocycles. The number of anilines is 2. The number of nitrogen functional groups attached to an aromatic ring is 1. The van der Waals surface area contributed by atoms with Crippen molar-refractivity contribution in [2.75, 3.05) is 36.8 Å². The standard InChI is InChI=1S/C15H20N4S.2ClH/c16-14-4-1-3-13(11-14)12-18-6-2-7-19(9-8-18)15-17-5-10-20-15;;/h1,3-5,10-11H,2,6-9,12,16H2;2*1H. The highest BCUT2D eigenvalue weighted by molar-refractivity contribution is 7.13. The predicted molar refractivity (Wildman–Crippen MR) is 99.6 cm³/mol. The molecule has 1 aliphatic rings. The predicted octanol–water partition coefficient (Wildman–Crippen LogP) is 3.28. The summed E-state index contributed by atoms with van der Waals surface area (Å²) in [6.45, 7) is 5.35. The van der Waals surface area contributed by atoms with Gasteiger partial charge in [0.05, 0.1) is 0 Å². The van der Waals surface area contributed by atoms with Crippen LogP contribution in [0.15, 0.2) is 35.8 Å². The molecule has 1 aromatic heterocycles. The van der Waals surface area contributed by atoms with E-state index < -0.39 is 0 Å². The molecule has 0 saturated carbocycles. The van der Waals surface area contributed by atoms with Crippen LogP contribution >= 0.6 is 36.2 Å². The van der Waals surface area contributed by atoms with Crippen molar-refractivity contribution < 1.29 is 0 Å². The summed E-state index contributed by atoms with van der Waals surface area (Å²) in [5.41, 5.74) is 7.99. The first-order valence-electron chi connectivity index (χ1n) is 7.02. The van der Waals surface area contributed by atoms with E-state index in [-0.39, 0.29) is 24.8 Å². The highest BCUT2D eigenvalue weighted by Gasteiger charge is 2.16. The lowest BCUT2D eigenvalue weighted by atomic mass is 10.2. The first-order chi connectivity index (χ1) is 9.81. The Morgan fingerprint density at radius 1 is 1.14 bits per heavy atom. The maximum absolute atomic E-state index is 5.85. The second-order valence-electron chi connectivity index (χ2n) is 5.18. The Morgan fingerprint density at radius 3 is 2.73 bits per heavy atom. The number of halogens is 2. The van der Waals surface area contributed by atoms with E-state index in [1.54, 1.807) is 11.3 Å². The van der Waals surface area contributed by atoms with Gasteiger partial charge in [-0.2, -0.15) is 0 Å². The first-order valence-corrected chi connectivity index (χ1v) is 7.90. The van der Waals surface area contributed by atoms with Crippen LogP contribution in [0, 0.1) is 0 Å². The van der Waals surface area contributed by atoms with Crippen molar-refractivity contribution in [2.45, 2.75) is 13.0 Å². The van der Waals surface area contributed by atoms with Crippen LogP contribution in [-0.4, -0.2) is 36.1 Å². The van der Waals surface area contributed by atoms with Crippen molar-refractivity contribution in [2.24, 2.45) is 0 Å². The van der Waals surface area contributed by atoms with E-state index in [4.69, 9.17) is 5.73 Å². The lowest BCUT2D eigenvalue weighted by Gasteiger charge is -2.21. The third-order valence-corrected chi connectivity index (χ3v) is 4.47. The fraction of sp³-hybridized carbons (Fsp3) is 0.400. The summed E-state index contributed by atoms with van der Waals surface area (Å²) in [5, 5.41) is 3.20. The largest absolute Gasteiger partial charge is 0.399 e. The molecule has 1 aliphatic heterocycles. The number of benzene rings is 1. The third-order valence-electron chi connectivity index (χ3n) is 3.64. The van der Waals surface area contributed by atoms with E-state index in [1.165, 1.54) is 12.0 Å². The quantitative estimate of drug-likeness (QED) is 0.853. The van der Waals surface area contributed by atoms with Gasteiger partial charge in [0.15, 0.2) is 5.13 Å². The van der Waals surface area contributed by atoms with Crippen LogP contribution in [0.3, 0.4) is 0 Å². The Morgan fingerprint density at radius 2 is 2.00 bits per heavy atom. The molecule has 0 amide bonds. The van der Waals surface area contributed by atoms with Gasteiger partial charge in [0.2, 0.25) is 0 Å². The molecule has 7 heteroatoms. The van der Waals surface area contributed by atoms with Gasteiger partial charge in [-0.25, -0.2) is 4.98 Å². The SMILES string of the molecule is Cl.Cl.Nc1cccc(CN2CCCN(c3nccs3)CC2)c1. The van der Waals surface area contributed by atoms with E-state index in [2.05, 4.69) is 26.9 Å². The number of aromatic nitrogens is 1. The summed E-state index contributed by atoms with van der Waals surface area (Å²) >= 11 is 1.73. The van der Waals surface area contributed by atoms with Gasteiger partial charge in [0.25, 0.3) is 0 Å². The van der Waals surface area contributed by atoms with Gasteiger partial charge >= 0.3 is 0 Å². The zero-order valence-electron chi connectivity index (χ0n) is 12.4. The normalized spacial score (nSPS) is 15.5. The minimum atomic E-state index is 0. The first kappa shape index (κ1) is 19.0. The Kier molecular flexibility index (Phi) is 7.96. The average Bonchev–Trinajstić information content (AvgIpc) is 2.87. The van der Waals surface area contributed by atoms with Gasteiger partial charge in [-0.3, -0.25) is 4.90 Å². The van der Waals surface area contributed by atoms with Gasteiger partial charge in [-0.05, 0) is 24.1 Å². The molecule has 22 heavy (non-hydrogen) atoms. The zero-order chi connectivity index (χ0) is 13.8. The molecule has 2 N–H and O–H groups in total. The number of hydrogen-bond donors (Lipinski definition) is 1. The fourth-order valence-corrected chi connectivity index (χ4v) is 3.34. The van der Waals surface area contributed by atoms with Crippen LogP contribution in [0.5, 0.6) is 0 Å². The highest BCUT2D eigenvalue weighted by Crippen LogP contribution is 2.19. The van der Waals surface area contributed by atoms with E-state index >= 15 is 0 Å². The minimum Gasteiger partial charge on any atom is -0.399 e. The molecule has 1 saturated heterocycles. The molecule has 1 fully saturated rings. The summed E-state index contributed by atoms with van der Waals surface area (Å²) in [7, 11) is 0. The van der Waals surface area contributed by atoms with E-state index in [9.17, 15) is 0 Å². The van der Waals surface area contributed by atoms with Crippen molar-refractivity contribution in [1.82, 2.24) is 9.88 Å². The monoisotopic (exact) mass is 360 g/mol. The molecule has 122 valence electrons. The van der Waals surface area contributed by atoms with E-state index in [0.29, 0.717) is 0 Å². The molecular weight excluding hydrogens is 339 g/mol. The van der Waals surface area contributed by atoms with Crippen LogP contribution < -0.4 is 10.6 Å². The second kappa shape index (κ2) is 9.20. The van der Waals surface area contributed by atoms with Gasteiger partial charge < -0.3 is 10.6 Å². The zero-order valence-corrected chi connectivity index (χ0v) is 14.8. The Balaban J connectivity index is 0.00000121. The van der Waals surface area contributed by atoms with Crippen molar-refractivity contribution >= 4 is 47.0 Å². The summed E-state index contributed by atoms with van der Waals surface area (Å²) in [5.74, 6) is 0. The molecule has 0 atom stereocenters.